The van der Waals surface area contributed by atoms with Gasteiger partial charge in [0.15, 0.2) is 5.84 Å². The predicted molar refractivity (Wildman–Crippen MR) is 142 cm³/mol. The van der Waals surface area contributed by atoms with Crippen LogP contribution in [0.3, 0.4) is 0 Å². The van der Waals surface area contributed by atoms with Gasteiger partial charge in [-0.25, -0.2) is 18.8 Å². The SMILES string of the molecule is N#Cc1ccc(F)c(C(=O)N[C@H]2CCC[C@@H](n3c(-c4ccccc4F)nc4cnc(C(N)=NC=N)cc43)C2)c1. The molecular weight excluding hydrogens is 502 g/mol. The minimum absolute atomic E-state index is 0.0579. The number of aromatic nitrogens is 3. The van der Waals surface area contributed by atoms with Gasteiger partial charge in [-0.2, -0.15) is 5.26 Å². The number of aliphatic imine (C=N–C) groups is 1. The Balaban J connectivity index is 1.53. The van der Waals surface area contributed by atoms with Gasteiger partial charge in [-0.15, -0.1) is 0 Å². The Bertz CT molecular complexity index is 1660. The molecule has 0 saturated heterocycles. The number of imidazole rings is 1. The molecule has 0 aliphatic heterocycles. The lowest BCUT2D eigenvalue weighted by molar-refractivity contribution is 0.0917. The number of nitrogens with one attached hydrogen (secondary N) is 2. The van der Waals surface area contributed by atoms with Crippen LogP contribution in [0.1, 0.15) is 53.3 Å². The van der Waals surface area contributed by atoms with Crippen LogP contribution in [0.5, 0.6) is 0 Å². The summed E-state index contributed by atoms with van der Waals surface area (Å²) < 4.78 is 31.2. The number of nitrogens with zero attached hydrogens (tertiary/aromatic N) is 5. The number of pyridine rings is 1. The monoisotopic (exact) mass is 526 g/mol. The first kappa shape index (κ1) is 25.7. The number of amidine groups is 1. The number of fused-ring (bicyclic) bond motifs is 1. The Kier molecular flexibility index (Phi) is 7.10. The van der Waals surface area contributed by atoms with Gasteiger partial charge in [-0.3, -0.25) is 15.2 Å². The molecular formula is C28H24F2N8O. The van der Waals surface area contributed by atoms with Crippen molar-refractivity contribution in [1.82, 2.24) is 19.9 Å². The summed E-state index contributed by atoms with van der Waals surface area (Å²) in [5, 5.41) is 19.3. The van der Waals surface area contributed by atoms with E-state index in [2.05, 4.69) is 15.3 Å². The molecule has 0 unspecified atom stereocenters. The highest BCUT2D eigenvalue weighted by Gasteiger charge is 2.29. The standard InChI is InChI=1S/C28H24F2N8O/c29-21-7-2-1-6-19(21)27-37-24-14-34-23(26(33)35-15-32)12-25(24)38(27)18-5-3-4-17(11-18)36-28(39)20-10-16(13-31)8-9-22(20)30/h1-2,6-10,12,14-15,17-18H,3-5,11H2,(H,36,39)(H3,32,33,35)/t17-,18+/m0/s1. The summed E-state index contributed by atoms with van der Waals surface area (Å²) in [4.78, 5) is 25.7. The lowest BCUT2D eigenvalue weighted by atomic mass is 9.90. The van der Waals surface area contributed by atoms with E-state index in [4.69, 9.17) is 21.4 Å². The number of amides is 1. The van der Waals surface area contributed by atoms with E-state index in [1.54, 1.807) is 24.3 Å². The predicted octanol–water partition coefficient (Wildman–Crippen LogP) is 4.47. The van der Waals surface area contributed by atoms with E-state index in [0.717, 1.165) is 25.2 Å². The van der Waals surface area contributed by atoms with E-state index in [0.29, 0.717) is 41.0 Å². The molecule has 1 saturated carbocycles. The van der Waals surface area contributed by atoms with Gasteiger partial charge in [-0.05, 0) is 62.1 Å². The molecule has 2 atom stereocenters. The lowest BCUT2D eigenvalue weighted by Crippen LogP contribution is -2.39. The quantitative estimate of drug-likeness (QED) is 0.251. The van der Waals surface area contributed by atoms with E-state index >= 15 is 0 Å². The van der Waals surface area contributed by atoms with Crippen molar-refractivity contribution in [2.24, 2.45) is 10.7 Å². The van der Waals surface area contributed by atoms with Crippen LogP contribution in [0.4, 0.5) is 8.78 Å². The number of benzene rings is 2. The number of nitrogens with two attached hydrogens (primary N) is 1. The molecule has 2 aromatic carbocycles. The highest BCUT2D eigenvalue weighted by atomic mass is 19.1. The van der Waals surface area contributed by atoms with Gasteiger partial charge in [0.2, 0.25) is 0 Å². The number of nitriles is 1. The van der Waals surface area contributed by atoms with Crippen molar-refractivity contribution in [3.05, 3.63) is 83.2 Å². The van der Waals surface area contributed by atoms with E-state index < -0.39 is 17.5 Å². The van der Waals surface area contributed by atoms with Crippen LogP contribution in [-0.2, 0) is 0 Å². The van der Waals surface area contributed by atoms with Crippen LogP contribution in [0.15, 0.2) is 59.7 Å². The number of hydrogen-bond acceptors (Lipinski definition) is 5. The molecule has 11 heteroatoms. The zero-order valence-electron chi connectivity index (χ0n) is 20.7. The third-order valence-corrected chi connectivity index (χ3v) is 6.84. The molecule has 39 heavy (non-hydrogen) atoms. The molecule has 4 N–H and O–H groups in total. The maximum Gasteiger partial charge on any atom is 0.254 e. The van der Waals surface area contributed by atoms with E-state index in [1.165, 1.54) is 24.4 Å². The molecule has 1 aliphatic rings. The van der Waals surface area contributed by atoms with Gasteiger partial charge in [0.05, 0.1) is 34.5 Å². The van der Waals surface area contributed by atoms with Crippen molar-refractivity contribution in [1.29, 1.82) is 10.7 Å². The van der Waals surface area contributed by atoms with E-state index in [-0.39, 0.29) is 29.0 Å². The lowest BCUT2D eigenvalue weighted by Gasteiger charge is -2.32. The Hall–Kier alpha value is -4.98. The summed E-state index contributed by atoms with van der Waals surface area (Å²) in [7, 11) is 0. The van der Waals surface area contributed by atoms with Crippen molar-refractivity contribution in [3.8, 4) is 17.5 Å². The molecule has 0 bridgehead atoms. The molecule has 1 aliphatic carbocycles. The topological polar surface area (TPSA) is 146 Å². The summed E-state index contributed by atoms with van der Waals surface area (Å²) in [6, 6.07) is 13.2. The normalized spacial score (nSPS) is 17.5. The number of rotatable bonds is 6. The Morgan fingerprint density at radius 3 is 2.79 bits per heavy atom. The van der Waals surface area contributed by atoms with Gasteiger partial charge in [0, 0.05) is 12.1 Å². The average molecular weight is 527 g/mol. The minimum atomic E-state index is -0.703. The maximum atomic E-state index is 14.9. The Labute approximate surface area is 222 Å². The number of hydrogen-bond donors (Lipinski definition) is 3. The fourth-order valence-electron chi connectivity index (χ4n) is 5.04. The molecule has 0 spiro atoms. The summed E-state index contributed by atoms with van der Waals surface area (Å²) >= 11 is 0. The fraction of sp³-hybridized carbons (Fsp3) is 0.214. The molecule has 4 aromatic rings. The van der Waals surface area contributed by atoms with Gasteiger partial charge >= 0.3 is 0 Å². The molecule has 196 valence electrons. The first-order chi connectivity index (χ1) is 18.9. The van der Waals surface area contributed by atoms with Crippen molar-refractivity contribution >= 4 is 29.1 Å². The van der Waals surface area contributed by atoms with Crippen molar-refractivity contribution < 1.29 is 13.6 Å². The summed E-state index contributed by atoms with van der Waals surface area (Å²) in [6.45, 7) is 0. The first-order valence-electron chi connectivity index (χ1n) is 12.4. The Morgan fingerprint density at radius 1 is 1.21 bits per heavy atom. The molecule has 2 heterocycles. The van der Waals surface area contributed by atoms with Gasteiger partial charge in [0.25, 0.3) is 5.91 Å². The third kappa shape index (κ3) is 5.09. The number of halogens is 2. The van der Waals surface area contributed by atoms with Crippen LogP contribution in [-0.4, -0.2) is 38.7 Å². The zero-order valence-corrected chi connectivity index (χ0v) is 20.7. The highest BCUT2D eigenvalue weighted by Crippen LogP contribution is 2.37. The van der Waals surface area contributed by atoms with Crippen LogP contribution in [0, 0.1) is 28.4 Å². The molecule has 9 nitrogen and oxygen atoms in total. The second kappa shape index (κ2) is 10.8. The number of carbonyl (C=O) groups excluding carboxylic acids is 1. The van der Waals surface area contributed by atoms with E-state index in [9.17, 15) is 13.6 Å². The van der Waals surface area contributed by atoms with Crippen LogP contribution in [0.25, 0.3) is 22.4 Å². The van der Waals surface area contributed by atoms with Gasteiger partial charge in [-0.1, -0.05) is 12.1 Å². The van der Waals surface area contributed by atoms with Crippen LogP contribution in [0.2, 0.25) is 0 Å². The molecule has 5 rings (SSSR count). The second-order valence-electron chi connectivity index (χ2n) is 9.28. The van der Waals surface area contributed by atoms with Gasteiger partial charge < -0.3 is 15.6 Å². The Morgan fingerprint density at radius 2 is 2.03 bits per heavy atom. The fourth-order valence-corrected chi connectivity index (χ4v) is 5.04. The second-order valence-corrected chi connectivity index (χ2v) is 9.28. The summed E-state index contributed by atoms with van der Waals surface area (Å²) in [6.07, 6.45) is 5.01. The smallest absolute Gasteiger partial charge is 0.254 e. The average Bonchev–Trinajstić information content (AvgIpc) is 3.32. The van der Waals surface area contributed by atoms with Crippen molar-refractivity contribution in [2.45, 2.75) is 37.8 Å². The van der Waals surface area contributed by atoms with Crippen LogP contribution >= 0.6 is 0 Å². The largest absolute Gasteiger partial charge is 0.382 e. The number of carbonyl (C=O) groups is 1. The minimum Gasteiger partial charge on any atom is -0.382 e. The zero-order chi connectivity index (χ0) is 27.5. The van der Waals surface area contributed by atoms with E-state index in [1.807, 2.05) is 10.6 Å². The molecule has 1 fully saturated rings. The molecule has 2 aromatic heterocycles. The first-order valence-corrected chi connectivity index (χ1v) is 12.4. The van der Waals surface area contributed by atoms with Crippen molar-refractivity contribution in [3.63, 3.8) is 0 Å². The van der Waals surface area contributed by atoms with Gasteiger partial charge in [0.1, 0.15) is 35.0 Å². The third-order valence-electron chi connectivity index (χ3n) is 6.84. The summed E-state index contributed by atoms with van der Waals surface area (Å²) in [5.41, 5.74) is 7.84. The highest BCUT2D eigenvalue weighted by molar-refractivity contribution is 6.01. The summed E-state index contributed by atoms with van der Waals surface area (Å²) in [5.74, 6) is -1.26. The molecule has 0 radical (unpaired) electrons. The van der Waals surface area contributed by atoms with Crippen molar-refractivity contribution in [2.75, 3.05) is 0 Å². The van der Waals surface area contributed by atoms with Crippen LogP contribution < -0.4 is 11.1 Å². The maximum absolute atomic E-state index is 14.9. The molecule has 1 amide bonds.